The molecule has 0 radical (unpaired) electrons. The second-order valence-corrected chi connectivity index (χ2v) is 4.68. The Morgan fingerprint density at radius 1 is 1.32 bits per heavy atom. The molecule has 1 N–H and O–H groups in total. The van der Waals surface area contributed by atoms with E-state index in [0.717, 1.165) is 25.7 Å². The van der Waals surface area contributed by atoms with Crippen LogP contribution in [0.25, 0.3) is 0 Å². The average molecular weight is 261 g/mol. The van der Waals surface area contributed by atoms with E-state index in [9.17, 15) is 0 Å². The van der Waals surface area contributed by atoms with Gasteiger partial charge >= 0.3 is 0 Å². The van der Waals surface area contributed by atoms with E-state index in [-0.39, 0.29) is 6.10 Å². The van der Waals surface area contributed by atoms with Crippen LogP contribution < -0.4 is 10.1 Å². The van der Waals surface area contributed by atoms with Gasteiger partial charge in [0, 0.05) is 20.2 Å². The smallest absolute Gasteiger partial charge is 0.142 e. The summed E-state index contributed by atoms with van der Waals surface area (Å²) in [6, 6.07) is 3.90. The minimum atomic E-state index is 0.158. The van der Waals surface area contributed by atoms with Crippen molar-refractivity contribution in [1.29, 1.82) is 5.26 Å². The zero-order chi connectivity index (χ0) is 13.7. The number of aromatic nitrogens is 1. The van der Waals surface area contributed by atoms with Crippen molar-refractivity contribution in [1.82, 2.24) is 4.98 Å². The molecule has 5 nitrogen and oxygen atoms in total. The topological polar surface area (TPSA) is 67.2 Å². The van der Waals surface area contributed by atoms with Gasteiger partial charge in [0.05, 0.1) is 18.4 Å². The maximum atomic E-state index is 9.08. The third-order valence-electron chi connectivity index (χ3n) is 3.49. The Morgan fingerprint density at radius 2 is 2.00 bits per heavy atom. The van der Waals surface area contributed by atoms with E-state index in [1.807, 2.05) is 0 Å². The van der Waals surface area contributed by atoms with Crippen molar-refractivity contribution in [3.05, 3.63) is 17.8 Å². The van der Waals surface area contributed by atoms with Crippen LogP contribution in [0.15, 0.2) is 12.3 Å². The lowest BCUT2D eigenvalue weighted by Crippen LogP contribution is -2.27. The van der Waals surface area contributed by atoms with Crippen molar-refractivity contribution < 1.29 is 9.47 Å². The van der Waals surface area contributed by atoms with Crippen LogP contribution in [0.4, 0.5) is 5.82 Å². The predicted molar refractivity (Wildman–Crippen MR) is 72.2 cm³/mol. The number of hydrogen-bond acceptors (Lipinski definition) is 5. The summed E-state index contributed by atoms with van der Waals surface area (Å²) in [5.74, 6) is 1.32. The number of nitrogens with one attached hydrogen (secondary N) is 1. The summed E-state index contributed by atoms with van der Waals surface area (Å²) >= 11 is 0. The first-order valence-electron chi connectivity index (χ1n) is 6.54. The lowest BCUT2D eigenvalue weighted by atomic mass is 9.95. The van der Waals surface area contributed by atoms with E-state index in [4.69, 9.17) is 14.7 Å². The molecule has 0 aliphatic heterocycles. The number of nitriles is 1. The molecule has 0 spiro atoms. The molecule has 1 heterocycles. The highest BCUT2D eigenvalue weighted by molar-refractivity contribution is 5.49. The molecular weight excluding hydrogens is 242 g/mol. The molecule has 2 rings (SSSR count). The van der Waals surface area contributed by atoms with Crippen molar-refractivity contribution in [2.45, 2.75) is 37.9 Å². The zero-order valence-corrected chi connectivity index (χ0v) is 11.3. The number of ether oxygens (including phenoxy) is 2. The van der Waals surface area contributed by atoms with Crippen LogP contribution in [0, 0.1) is 11.3 Å². The summed E-state index contributed by atoms with van der Waals surface area (Å²) in [7, 11) is 3.55. The highest BCUT2D eigenvalue weighted by Gasteiger charge is 2.23. The van der Waals surface area contributed by atoms with Gasteiger partial charge in [0.15, 0.2) is 0 Å². The second kappa shape index (κ2) is 6.39. The normalized spacial score (nSPS) is 22.6. The number of pyridine rings is 1. The van der Waals surface area contributed by atoms with E-state index in [1.165, 1.54) is 0 Å². The SMILES string of the molecule is CNc1cc(OC2CCC(OC)CC2)c(C#N)cn1. The molecule has 0 unspecified atom stereocenters. The molecular formula is C14H19N3O2. The molecule has 19 heavy (non-hydrogen) atoms. The van der Waals surface area contributed by atoms with Crippen LogP contribution in [-0.2, 0) is 4.74 Å². The Hall–Kier alpha value is -1.80. The average Bonchev–Trinajstić information content (AvgIpc) is 2.48. The molecule has 1 aliphatic rings. The fourth-order valence-corrected chi connectivity index (χ4v) is 2.32. The molecule has 1 saturated carbocycles. The van der Waals surface area contributed by atoms with Gasteiger partial charge in [-0.05, 0) is 25.7 Å². The first-order valence-corrected chi connectivity index (χ1v) is 6.54. The lowest BCUT2D eigenvalue weighted by molar-refractivity contribution is 0.0327. The summed E-state index contributed by atoms with van der Waals surface area (Å²) < 4.78 is 11.3. The molecule has 102 valence electrons. The van der Waals surface area contributed by atoms with Gasteiger partial charge in [-0.25, -0.2) is 4.98 Å². The second-order valence-electron chi connectivity index (χ2n) is 4.68. The first-order chi connectivity index (χ1) is 9.26. The van der Waals surface area contributed by atoms with Crippen molar-refractivity contribution >= 4 is 5.82 Å². The molecule has 0 aromatic carbocycles. The van der Waals surface area contributed by atoms with Gasteiger partial charge in [-0.15, -0.1) is 0 Å². The lowest BCUT2D eigenvalue weighted by Gasteiger charge is -2.28. The largest absolute Gasteiger partial charge is 0.489 e. The highest BCUT2D eigenvalue weighted by atomic mass is 16.5. The van der Waals surface area contributed by atoms with Crippen molar-refractivity contribution in [3.8, 4) is 11.8 Å². The maximum Gasteiger partial charge on any atom is 0.142 e. The Morgan fingerprint density at radius 3 is 2.58 bits per heavy atom. The van der Waals surface area contributed by atoms with Crippen LogP contribution in [0.5, 0.6) is 5.75 Å². The summed E-state index contributed by atoms with van der Waals surface area (Å²) in [5.41, 5.74) is 0.480. The number of anilines is 1. The number of methoxy groups -OCH3 is 1. The molecule has 0 bridgehead atoms. The Labute approximate surface area is 113 Å². The van der Waals surface area contributed by atoms with E-state index in [1.54, 1.807) is 26.4 Å². The maximum absolute atomic E-state index is 9.08. The Balaban J connectivity index is 2.04. The summed E-state index contributed by atoms with van der Waals surface area (Å²) in [6.07, 6.45) is 5.98. The van der Waals surface area contributed by atoms with Crippen LogP contribution in [0.1, 0.15) is 31.2 Å². The Kier molecular flexibility index (Phi) is 4.58. The standard InChI is InChI=1S/C14H19N3O2/c1-16-14-7-13(10(8-15)9-17-14)19-12-5-3-11(18-2)4-6-12/h7,9,11-12H,3-6H2,1-2H3,(H,16,17). The van der Waals surface area contributed by atoms with E-state index in [0.29, 0.717) is 23.2 Å². The van der Waals surface area contributed by atoms with Gasteiger partial charge in [0.2, 0.25) is 0 Å². The van der Waals surface area contributed by atoms with Crippen molar-refractivity contribution in [2.75, 3.05) is 19.5 Å². The zero-order valence-electron chi connectivity index (χ0n) is 11.3. The fraction of sp³-hybridized carbons (Fsp3) is 0.571. The minimum Gasteiger partial charge on any atom is -0.489 e. The van der Waals surface area contributed by atoms with Gasteiger partial charge in [0.1, 0.15) is 23.2 Å². The fourth-order valence-electron chi connectivity index (χ4n) is 2.32. The molecule has 1 fully saturated rings. The van der Waals surface area contributed by atoms with Crippen LogP contribution in [-0.4, -0.2) is 31.3 Å². The van der Waals surface area contributed by atoms with Gasteiger partial charge in [-0.3, -0.25) is 0 Å². The molecule has 0 saturated heterocycles. The van der Waals surface area contributed by atoms with E-state index >= 15 is 0 Å². The van der Waals surface area contributed by atoms with Crippen LogP contribution in [0.3, 0.4) is 0 Å². The van der Waals surface area contributed by atoms with E-state index in [2.05, 4.69) is 16.4 Å². The quantitative estimate of drug-likeness (QED) is 0.901. The summed E-state index contributed by atoms with van der Waals surface area (Å²) in [6.45, 7) is 0. The number of hydrogen-bond donors (Lipinski definition) is 1. The predicted octanol–water partition coefficient (Wildman–Crippen LogP) is 2.33. The van der Waals surface area contributed by atoms with Crippen LogP contribution >= 0.6 is 0 Å². The molecule has 0 atom stereocenters. The molecule has 1 aromatic rings. The third-order valence-corrected chi connectivity index (χ3v) is 3.49. The monoisotopic (exact) mass is 261 g/mol. The minimum absolute atomic E-state index is 0.158. The molecule has 1 aliphatic carbocycles. The number of nitrogens with zero attached hydrogens (tertiary/aromatic N) is 2. The van der Waals surface area contributed by atoms with Gasteiger partial charge in [0.25, 0.3) is 0 Å². The van der Waals surface area contributed by atoms with Gasteiger partial charge in [-0.2, -0.15) is 5.26 Å². The summed E-state index contributed by atoms with van der Waals surface area (Å²) in [5, 5.41) is 12.0. The van der Waals surface area contributed by atoms with Gasteiger partial charge < -0.3 is 14.8 Å². The molecule has 0 amide bonds. The van der Waals surface area contributed by atoms with Crippen molar-refractivity contribution in [2.24, 2.45) is 0 Å². The van der Waals surface area contributed by atoms with E-state index < -0.39 is 0 Å². The van der Waals surface area contributed by atoms with Crippen molar-refractivity contribution in [3.63, 3.8) is 0 Å². The summed E-state index contributed by atoms with van der Waals surface area (Å²) in [4.78, 5) is 4.11. The highest BCUT2D eigenvalue weighted by Crippen LogP contribution is 2.28. The third kappa shape index (κ3) is 3.36. The van der Waals surface area contributed by atoms with Gasteiger partial charge in [-0.1, -0.05) is 0 Å². The first kappa shape index (κ1) is 13.6. The molecule has 5 heteroatoms. The molecule has 1 aromatic heterocycles. The Bertz CT molecular complexity index is 462. The number of rotatable bonds is 4. The van der Waals surface area contributed by atoms with Crippen LogP contribution in [0.2, 0.25) is 0 Å².